The summed E-state index contributed by atoms with van der Waals surface area (Å²) in [5.41, 5.74) is 1.95. The second-order valence-corrected chi connectivity index (χ2v) is 6.61. The molecule has 0 aliphatic carbocycles. The van der Waals surface area contributed by atoms with Crippen LogP contribution in [0.5, 0.6) is 0 Å². The molecule has 18 heavy (non-hydrogen) atoms. The third-order valence-electron chi connectivity index (χ3n) is 2.09. The van der Waals surface area contributed by atoms with Gasteiger partial charge in [0.15, 0.2) is 0 Å². The van der Waals surface area contributed by atoms with Gasteiger partial charge in [-0.1, -0.05) is 35.8 Å². The first kappa shape index (κ1) is 13.6. The van der Waals surface area contributed by atoms with E-state index in [9.17, 15) is 0 Å². The standard InChI is InChI=1S/C14H10S4/c15-13-14(16)18-10-4-8-12-6-2-1-5-11(12)7-3-9-17-13/h1-2,5-6,15-16H,9-10H2/p-2/b14-13-. The van der Waals surface area contributed by atoms with Crippen molar-refractivity contribution in [3.8, 4) is 23.7 Å². The van der Waals surface area contributed by atoms with Crippen molar-refractivity contribution in [2.75, 3.05) is 11.5 Å². The maximum absolute atomic E-state index is 5.22. The van der Waals surface area contributed by atoms with Gasteiger partial charge in [0.05, 0.1) is 11.5 Å². The molecule has 0 bridgehead atoms. The summed E-state index contributed by atoms with van der Waals surface area (Å²) in [5, 5.41) is 0. The monoisotopic (exact) mass is 304 g/mol. The Bertz CT molecular complexity index is 540. The second-order valence-electron chi connectivity index (χ2n) is 3.30. The summed E-state index contributed by atoms with van der Waals surface area (Å²) in [6.07, 6.45) is 0. The topological polar surface area (TPSA) is 0 Å². The van der Waals surface area contributed by atoms with Gasteiger partial charge in [0, 0.05) is 11.1 Å². The first-order valence-corrected chi connectivity index (χ1v) is 7.97. The molecule has 1 heterocycles. The zero-order chi connectivity index (χ0) is 12.8. The van der Waals surface area contributed by atoms with Crippen LogP contribution >= 0.6 is 23.5 Å². The van der Waals surface area contributed by atoms with E-state index >= 15 is 0 Å². The van der Waals surface area contributed by atoms with E-state index in [1.807, 2.05) is 24.3 Å². The maximum atomic E-state index is 5.22. The van der Waals surface area contributed by atoms with Crippen molar-refractivity contribution in [2.24, 2.45) is 0 Å². The molecule has 0 atom stereocenters. The van der Waals surface area contributed by atoms with Crippen molar-refractivity contribution in [2.45, 2.75) is 0 Å². The summed E-state index contributed by atoms with van der Waals surface area (Å²) in [6.45, 7) is 0. The molecule has 0 unspecified atom stereocenters. The number of fused-ring (bicyclic) bond motifs is 1. The molecule has 1 aromatic carbocycles. The van der Waals surface area contributed by atoms with Gasteiger partial charge >= 0.3 is 0 Å². The van der Waals surface area contributed by atoms with E-state index in [0.717, 1.165) is 19.6 Å². The fourth-order valence-corrected chi connectivity index (χ4v) is 3.13. The Labute approximate surface area is 127 Å². The molecule has 0 fully saturated rings. The van der Waals surface area contributed by atoms with E-state index in [2.05, 4.69) is 23.7 Å². The van der Waals surface area contributed by atoms with Crippen molar-refractivity contribution in [3.63, 3.8) is 0 Å². The maximum Gasteiger partial charge on any atom is 0.0577 e. The van der Waals surface area contributed by atoms with Crippen LogP contribution in [0.1, 0.15) is 11.1 Å². The van der Waals surface area contributed by atoms with Gasteiger partial charge in [0.2, 0.25) is 0 Å². The minimum Gasteiger partial charge on any atom is -0.774 e. The Hall–Kier alpha value is -0.780. The molecule has 1 aromatic rings. The van der Waals surface area contributed by atoms with Crippen LogP contribution in [0, 0.1) is 23.7 Å². The van der Waals surface area contributed by atoms with Crippen molar-refractivity contribution >= 4 is 48.8 Å². The van der Waals surface area contributed by atoms with Gasteiger partial charge in [-0.3, -0.25) is 0 Å². The fourth-order valence-electron chi connectivity index (χ4n) is 1.28. The molecule has 0 amide bonds. The van der Waals surface area contributed by atoms with Gasteiger partial charge in [-0.25, -0.2) is 0 Å². The first-order valence-electron chi connectivity index (χ1n) is 5.18. The molecule has 0 radical (unpaired) electrons. The molecule has 0 nitrogen and oxygen atoms in total. The molecule has 1 aliphatic rings. The Morgan fingerprint density at radius 3 is 1.72 bits per heavy atom. The zero-order valence-electron chi connectivity index (χ0n) is 9.36. The normalized spacial score (nSPS) is 19.1. The average Bonchev–Trinajstić information content (AvgIpc) is 2.39. The van der Waals surface area contributed by atoms with Gasteiger partial charge in [-0.2, -0.15) is 8.47 Å². The van der Waals surface area contributed by atoms with Gasteiger partial charge in [-0.05, 0) is 12.1 Å². The van der Waals surface area contributed by atoms with Crippen LogP contribution in [-0.4, -0.2) is 11.5 Å². The molecule has 0 saturated heterocycles. The molecule has 2 rings (SSSR count). The summed E-state index contributed by atoms with van der Waals surface area (Å²) < 4.78 is 1.50. The fraction of sp³-hybridized carbons (Fsp3) is 0.143. The van der Waals surface area contributed by atoms with Crippen LogP contribution in [0.25, 0.3) is 0 Å². The SMILES string of the molecule is [S-]/C1=C(\[S-])SCC#Cc2ccccc2C#CCS1. The number of rotatable bonds is 0. The second kappa shape index (κ2) is 6.97. The lowest BCUT2D eigenvalue weighted by Gasteiger charge is -2.22. The Balaban J connectivity index is 2.32. The number of thioether (sulfide) groups is 2. The van der Waals surface area contributed by atoms with Gasteiger partial charge in [-0.15, -0.1) is 23.5 Å². The Morgan fingerprint density at radius 1 is 0.833 bits per heavy atom. The highest BCUT2D eigenvalue weighted by Crippen LogP contribution is 2.25. The first-order chi connectivity index (χ1) is 8.77. The quantitative estimate of drug-likeness (QED) is 0.533. The van der Waals surface area contributed by atoms with Gasteiger partial charge in [0.25, 0.3) is 0 Å². The molecule has 0 N–H and O–H groups in total. The molecule has 4 heteroatoms. The van der Waals surface area contributed by atoms with E-state index in [-0.39, 0.29) is 0 Å². The van der Waals surface area contributed by atoms with Crippen LogP contribution < -0.4 is 0 Å². The van der Waals surface area contributed by atoms with E-state index < -0.39 is 0 Å². The van der Waals surface area contributed by atoms with Crippen molar-refractivity contribution in [1.82, 2.24) is 0 Å². The van der Waals surface area contributed by atoms with Gasteiger partial charge in [0.1, 0.15) is 0 Å². The van der Waals surface area contributed by atoms with E-state index in [1.165, 1.54) is 23.5 Å². The summed E-state index contributed by atoms with van der Waals surface area (Å²) in [5.74, 6) is 13.8. The zero-order valence-corrected chi connectivity index (χ0v) is 12.6. The minimum atomic E-state index is 0.668. The van der Waals surface area contributed by atoms with Crippen LogP contribution in [0.2, 0.25) is 0 Å². The van der Waals surface area contributed by atoms with Crippen LogP contribution in [0.4, 0.5) is 0 Å². The molecule has 1 aliphatic heterocycles. The average molecular weight is 304 g/mol. The molecule has 0 spiro atoms. The van der Waals surface area contributed by atoms with Crippen LogP contribution in [0.15, 0.2) is 32.7 Å². The molecular formula is C14H8S4-2. The molecular weight excluding hydrogens is 296 g/mol. The number of hydrogen-bond donors (Lipinski definition) is 0. The molecule has 0 saturated carbocycles. The summed E-state index contributed by atoms with van der Waals surface area (Å²) in [4.78, 5) is 0. The molecule has 0 aromatic heterocycles. The molecule has 90 valence electrons. The lowest BCUT2D eigenvalue weighted by atomic mass is 10.1. The van der Waals surface area contributed by atoms with E-state index in [4.69, 9.17) is 25.3 Å². The lowest BCUT2D eigenvalue weighted by molar-refractivity contribution is 1.58. The van der Waals surface area contributed by atoms with E-state index in [0.29, 0.717) is 11.5 Å². The minimum absolute atomic E-state index is 0.668. The van der Waals surface area contributed by atoms with E-state index in [1.54, 1.807) is 0 Å². The van der Waals surface area contributed by atoms with Crippen molar-refractivity contribution < 1.29 is 0 Å². The summed E-state index contributed by atoms with van der Waals surface area (Å²) >= 11 is 13.5. The third kappa shape index (κ3) is 3.86. The summed E-state index contributed by atoms with van der Waals surface area (Å²) in [6, 6.07) is 7.93. The van der Waals surface area contributed by atoms with Gasteiger partial charge < -0.3 is 25.3 Å². The largest absolute Gasteiger partial charge is 0.774 e. The predicted octanol–water partition coefficient (Wildman–Crippen LogP) is 3.09. The third-order valence-corrected chi connectivity index (χ3v) is 5.23. The van der Waals surface area contributed by atoms with Crippen LogP contribution in [0.3, 0.4) is 0 Å². The Morgan fingerprint density at radius 2 is 1.28 bits per heavy atom. The van der Waals surface area contributed by atoms with Crippen molar-refractivity contribution in [1.29, 1.82) is 0 Å². The Kier molecular flexibility index (Phi) is 5.28. The van der Waals surface area contributed by atoms with Crippen LogP contribution in [-0.2, 0) is 25.3 Å². The predicted molar refractivity (Wildman–Crippen MR) is 86.9 cm³/mol. The number of hydrogen-bond acceptors (Lipinski definition) is 4. The highest BCUT2D eigenvalue weighted by Gasteiger charge is 1.94. The highest BCUT2D eigenvalue weighted by molar-refractivity contribution is 8.16. The smallest absolute Gasteiger partial charge is 0.0577 e. The number of benzene rings is 1. The van der Waals surface area contributed by atoms with Crippen molar-refractivity contribution in [3.05, 3.63) is 43.9 Å². The summed E-state index contributed by atoms with van der Waals surface area (Å²) in [7, 11) is 0. The lowest BCUT2D eigenvalue weighted by Crippen LogP contribution is -1.86. The highest BCUT2D eigenvalue weighted by atomic mass is 32.2.